The van der Waals surface area contributed by atoms with Crippen LogP contribution in [0.15, 0.2) is 48.7 Å². The summed E-state index contributed by atoms with van der Waals surface area (Å²) in [6, 6.07) is 11.4. The molecule has 7 heteroatoms. The van der Waals surface area contributed by atoms with Crippen LogP contribution in [-0.2, 0) is 9.59 Å². The molecule has 0 spiro atoms. The normalized spacial score (nSPS) is 15.4. The van der Waals surface area contributed by atoms with Gasteiger partial charge in [0.05, 0.1) is 6.04 Å². The number of anilines is 2. The molecule has 3 aromatic rings. The Kier molecular flexibility index (Phi) is 4.29. The monoisotopic (exact) mass is 374 g/mol. The van der Waals surface area contributed by atoms with Crippen LogP contribution in [0.3, 0.4) is 0 Å². The summed E-state index contributed by atoms with van der Waals surface area (Å²) in [6.45, 7) is 1.60. The van der Waals surface area contributed by atoms with Crippen LogP contribution in [0.2, 0.25) is 0 Å². The number of hydrogen-bond donors (Lipinski definition) is 4. The Morgan fingerprint density at radius 3 is 2.89 bits per heavy atom. The van der Waals surface area contributed by atoms with E-state index in [1.165, 1.54) is 0 Å². The average molecular weight is 374 g/mol. The second-order valence-electron chi connectivity index (χ2n) is 6.62. The average Bonchev–Trinajstić information content (AvgIpc) is 2.99. The lowest BCUT2D eigenvalue weighted by Gasteiger charge is -2.09. The Labute approximate surface area is 160 Å². The minimum atomic E-state index is -0.640. The Bertz CT molecular complexity index is 1150. The third kappa shape index (κ3) is 3.08. The number of phenolic OH excluding ortho intramolecular Hbond substituents is 1. The number of aromatic hydroxyl groups is 1. The topological polar surface area (TPSA) is 117 Å². The number of hydrogen-bond acceptors (Lipinski definition) is 5. The van der Waals surface area contributed by atoms with Crippen LogP contribution in [0.1, 0.15) is 18.1 Å². The Morgan fingerprint density at radius 1 is 1.29 bits per heavy atom. The number of carbonyl (C=O) groups is 2. The van der Waals surface area contributed by atoms with Crippen LogP contribution in [-0.4, -0.2) is 27.9 Å². The van der Waals surface area contributed by atoms with Crippen LogP contribution in [0.25, 0.3) is 22.6 Å². The summed E-state index contributed by atoms with van der Waals surface area (Å²) < 4.78 is 0. The van der Waals surface area contributed by atoms with Crippen molar-refractivity contribution in [1.82, 2.24) is 4.98 Å². The van der Waals surface area contributed by atoms with Crippen LogP contribution >= 0.6 is 0 Å². The number of benzene rings is 2. The van der Waals surface area contributed by atoms with Crippen molar-refractivity contribution in [2.24, 2.45) is 5.73 Å². The molecule has 1 aliphatic heterocycles. The first kappa shape index (κ1) is 17.7. The molecular formula is C21H18N4O3. The van der Waals surface area contributed by atoms with Gasteiger partial charge in [-0.25, -0.2) is 0 Å². The van der Waals surface area contributed by atoms with E-state index in [1.54, 1.807) is 55.6 Å². The molecule has 2 amide bonds. The SMILES string of the molecule is CC(N)C(=O)Nc1ccc2c(c1)C(=Cc1ccc(O)c3ncccc13)C(=O)N2. The number of fused-ring (bicyclic) bond motifs is 2. The van der Waals surface area contributed by atoms with Crippen molar-refractivity contribution in [2.75, 3.05) is 10.6 Å². The van der Waals surface area contributed by atoms with Crippen LogP contribution < -0.4 is 16.4 Å². The zero-order valence-corrected chi connectivity index (χ0v) is 15.1. The molecule has 4 rings (SSSR count). The van der Waals surface area contributed by atoms with Gasteiger partial charge in [0.2, 0.25) is 5.91 Å². The Balaban J connectivity index is 1.80. The molecule has 5 N–H and O–H groups in total. The Morgan fingerprint density at radius 2 is 2.11 bits per heavy atom. The summed E-state index contributed by atoms with van der Waals surface area (Å²) in [5, 5.41) is 16.3. The molecule has 0 bridgehead atoms. The number of phenols is 1. The van der Waals surface area contributed by atoms with Gasteiger partial charge in [0.15, 0.2) is 0 Å². The molecule has 0 aliphatic carbocycles. The first-order valence-corrected chi connectivity index (χ1v) is 8.74. The largest absolute Gasteiger partial charge is 0.506 e. The van der Waals surface area contributed by atoms with Crippen LogP contribution in [0.5, 0.6) is 5.75 Å². The molecule has 0 saturated carbocycles. The van der Waals surface area contributed by atoms with Crippen molar-refractivity contribution >= 4 is 45.7 Å². The highest BCUT2D eigenvalue weighted by Crippen LogP contribution is 2.36. The van der Waals surface area contributed by atoms with E-state index in [4.69, 9.17) is 5.73 Å². The molecule has 0 fully saturated rings. The van der Waals surface area contributed by atoms with Gasteiger partial charge in [0.1, 0.15) is 11.3 Å². The second-order valence-corrected chi connectivity index (χ2v) is 6.62. The molecule has 7 nitrogen and oxygen atoms in total. The molecule has 2 heterocycles. The first-order chi connectivity index (χ1) is 13.4. The minimum absolute atomic E-state index is 0.0786. The lowest BCUT2D eigenvalue weighted by molar-refractivity contribution is -0.117. The van der Waals surface area contributed by atoms with Crippen molar-refractivity contribution < 1.29 is 14.7 Å². The third-order valence-electron chi connectivity index (χ3n) is 4.57. The van der Waals surface area contributed by atoms with Crippen molar-refractivity contribution in [3.8, 4) is 5.75 Å². The molecule has 1 atom stereocenters. The molecule has 1 aliphatic rings. The highest BCUT2D eigenvalue weighted by Gasteiger charge is 2.25. The minimum Gasteiger partial charge on any atom is -0.506 e. The van der Waals surface area contributed by atoms with E-state index >= 15 is 0 Å². The number of carbonyl (C=O) groups excluding carboxylic acids is 2. The van der Waals surface area contributed by atoms with E-state index in [0.717, 1.165) is 10.9 Å². The van der Waals surface area contributed by atoms with Gasteiger partial charge in [-0.1, -0.05) is 12.1 Å². The van der Waals surface area contributed by atoms with Gasteiger partial charge in [-0.15, -0.1) is 0 Å². The number of nitrogens with two attached hydrogens (primary N) is 1. The lowest BCUT2D eigenvalue weighted by atomic mass is 10.0. The van der Waals surface area contributed by atoms with Crippen molar-refractivity contribution in [3.05, 3.63) is 59.8 Å². The number of amides is 2. The molecule has 0 saturated heterocycles. The predicted molar refractivity (Wildman–Crippen MR) is 109 cm³/mol. The maximum Gasteiger partial charge on any atom is 0.256 e. The van der Waals surface area contributed by atoms with Gasteiger partial charge < -0.3 is 21.5 Å². The summed E-state index contributed by atoms with van der Waals surface area (Å²) in [5.74, 6) is -0.468. The maximum atomic E-state index is 12.5. The van der Waals surface area contributed by atoms with Crippen molar-refractivity contribution in [3.63, 3.8) is 0 Å². The zero-order valence-electron chi connectivity index (χ0n) is 15.1. The summed E-state index contributed by atoms with van der Waals surface area (Å²) in [5.41, 5.74) is 9.18. The number of aromatic nitrogens is 1. The van der Waals surface area contributed by atoms with E-state index < -0.39 is 6.04 Å². The molecule has 1 aromatic heterocycles. The molecule has 140 valence electrons. The summed E-state index contributed by atoms with van der Waals surface area (Å²) in [6.07, 6.45) is 3.35. The van der Waals surface area contributed by atoms with E-state index in [2.05, 4.69) is 15.6 Å². The van der Waals surface area contributed by atoms with Crippen LogP contribution in [0, 0.1) is 0 Å². The predicted octanol–water partition coefficient (Wildman–Crippen LogP) is 2.72. The van der Waals surface area contributed by atoms with Crippen molar-refractivity contribution in [1.29, 1.82) is 0 Å². The number of nitrogens with zero attached hydrogens (tertiary/aromatic N) is 1. The molecule has 28 heavy (non-hydrogen) atoms. The molecular weight excluding hydrogens is 356 g/mol. The standard InChI is InChI=1S/C21H18N4O3/c1-11(22)20(27)24-13-5-6-17-15(10-13)16(21(28)25-17)9-12-4-7-18(26)19-14(12)3-2-8-23-19/h2-11,26H,22H2,1H3,(H,24,27)(H,25,28). The maximum absolute atomic E-state index is 12.5. The van der Waals surface area contributed by atoms with Gasteiger partial charge in [0.25, 0.3) is 5.91 Å². The fraction of sp³-hybridized carbons (Fsp3) is 0.0952. The van der Waals surface area contributed by atoms with Gasteiger partial charge >= 0.3 is 0 Å². The summed E-state index contributed by atoms with van der Waals surface area (Å²) in [7, 11) is 0. The smallest absolute Gasteiger partial charge is 0.256 e. The molecule has 0 radical (unpaired) electrons. The highest BCUT2D eigenvalue weighted by molar-refractivity contribution is 6.35. The van der Waals surface area contributed by atoms with Crippen LogP contribution in [0.4, 0.5) is 11.4 Å². The highest BCUT2D eigenvalue weighted by atomic mass is 16.3. The van der Waals surface area contributed by atoms with E-state index in [9.17, 15) is 14.7 Å². The van der Waals surface area contributed by atoms with E-state index in [0.29, 0.717) is 28.0 Å². The molecule has 2 aromatic carbocycles. The first-order valence-electron chi connectivity index (χ1n) is 8.74. The van der Waals surface area contributed by atoms with E-state index in [-0.39, 0.29) is 17.6 Å². The zero-order chi connectivity index (χ0) is 19.8. The quantitative estimate of drug-likeness (QED) is 0.526. The number of pyridine rings is 1. The van der Waals surface area contributed by atoms with E-state index in [1.807, 2.05) is 6.07 Å². The van der Waals surface area contributed by atoms with Gasteiger partial charge in [-0.05, 0) is 48.9 Å². The third-order valence-corrected chi connectivity index (χ3v) is 4.57. The van der Waals surface area contributed by atoms with Gasteiger partial charge in [-0.3, -0.25) is 14.6 Å². The van der Waals surface area contributed by atoms with Gasteiger partial charge in [-0.2, -0.15) is 0 Å². The fourth-order valence-electron chi connectivity index (χ4n) is 3.13. The second kappa shape index (κ2) is 6.79. The molecule has 1 unspecified atom stereocenters. The fourth-order valence-corrected chi connectivity index (χ4v) is 3.13. The summed E-state index contributed by atoms with van der Waals surface area (Å²) >= 11 is 0. The Hall–Kier alpha value is -3.71. The summed E-state index contributed by atoms with van der Waals surface area (Å²) in [4.78, 5) is 28.6. The van der Waals surface area contributed by atoms with Crippen molar-refractivity contribution in [2.45, 2.75) is 13.0 Å². The van der Waals surface area contributed by atoms with Gasteiger partial charge in [0, 0.05) is 34.1 Å². The number of rotatable bonds is 3. The lowest BCUT2D eigenvalue weighted by Crippen LogP contribution is -2.32. The number of nitrogens with one attached hydrogen (secondary N) is 2.